The summed E-state index contributed by atoms with van der Waals surface area (Å²) in [4.78, 5) is 23.3. The molecule has 1 amide bonds. The summed E-state index contributed by atoms with van der Waals surface area (Å²) >= 11 is 0. The van der Waals surface area contributed by atoms with Crippen LogP contribution >= 0.6 is 0 Å². The highest BCUT2D eigenvalue weighted by Crippen LogP contribution is 2.23. The van der Waals surface area contributed by atoms with Gasteiger partial charge in [-0.15, -0.1) is 0 Å². The first-order chi connectivity index (χ1) is 11.0. The van der Waals surface area contributed by atoms with Gasteiger partial charge >= 0.3 is 5.97 Å². The number of benzene rings is 1. The van der Waals surface area contributed by atoms with E-state index >= 15 is 0 Å². The number of carbonyl (C=O) groups is 2. The second kappa shape index (κ2) is 7.09. The van der Waals surface area contributed by atoms with Crippen molar-refractivity contribution in [1.82, 2.24) is 5.16 Å². The topological polar surface area (TPSA) is 92.4 Å². The van der Waals surface area contributed by atoms with Crippen molar-refractivity contribution in [3.63, 3.8) is 0 Å². The number of amides is 1. The summed E-state index contributed by atoms with van der Waals surface area (Å²) in [6, 6.07) is 6.21. The van der Waals surface area contributed by atoms with Gasteiger partial charge in [0.15, 0.2) is 0 Å². The molecule has 2 rings (SSSR count). The zero-order valence-electron chi connectivity index (χ0n) is 13.4. The smallest absolute Gasteiger partial charge is 0.335 e. The van der Waals surface area contributed by atoms with E-state index in [1.54, 1.807) is 19.1 Å². The average Bonchev–Trinajstić information content (AvgIpc) is 3.00. The van der Waals surface area contributed by atoms with Crippen molar-refractivity contribution in [1.29, 1.82) is 0 Å². The molecule has 1 aromatic heterocycles. The highest BCUT2D eigenvalue weighted by molar-refractivity contribution is 6.03. The second-order valence-corrected chi connectivity index (χ2v) is 5.42. The summed E-state index contributed by atoms with van der Waals surface area (Å²) in [6.07, 6.45) is 1.84. The summed E-state index contributed by atoms with van der Waals surface area (Å²) in [6.45, 7) is 5.91. The SMILES string of the molecule is CCC(CC)c1cc(C(=O)Nc2cc(C(=O)O)ccc2C)on1. The number of aromatic carboxylic acids is 1. The van der Waals surface area contributed by atoms with Crippen molar-refractivity contribution < 1.29 is 19.2 Å². The van der Waals surface area contributed by atoms with Crippen LogP contribution in [0.5, 0.6) is 0 Å². The van der Waals surface area contributed by atoms with Crippen molar-refractivity contribution in [3.8, 4) is 0 Å². The molecule has 2 N–H and O–H groups in total. The zero-order chi connectivity index (χ0) is 17.0. The number of hydrogen-bond acceptors (Lipinski definition) is 4. The first kappa shape index (κ1) is 16.7. The van der Waals surface area contributed by atoms with Crippen LogP contribution in [0.4, 0.5) is 5.69 Å². The fourth-order valence-electron chi connectivity index (χ4n) is 2.37. The van der Waals surface area contributed by atoms with Crippen LogP contribution in [0.25, 0.3) is 0 Å². The Bertz CT molecular complexity index is 717. The molecule has 0 unspecified atom stereocenters. The van der Waals surface area contributed by atoms with Crippen LogP contribution in [-0.4, -0.2) is 22.1 Å². The summed E-state index contributed by atoms with van der Waals surface area (Å²) in [5, 5.41) is 15.7. The minimum absolute atomic E-state index is 0.112. The van der Waals surface area contributed by atoms with Crippen LogP contribution in [-0.2, 0) is 0 Å². The van der Waals surface area contributed by atoms with Gasteiger partial charge < -0.3 is 14.9 Å². The molecule has 6 nitrogen and oxygen atoms in total. The molecular weight excluding hydrogens is 296 g/mol. The Balaban J connectivity index is 2.19. The van der Waals surface area contributed by atoms with Crippen LogP contribution in [0.1, 0.15) is 64.8 Å². The Morgan fingerprint density at radius 3 is 2.57 bits per heavy atom. The first-order valence-corrected chi connectivity index (χ1v) is 7.58. The number of carbonyl (C=O) groups excluding carboxylic acids is 1. The molecule has 0 spiro atoms. The molecule has 0 atom stereocenters. The number of nitrogens with zero attached hydrogens (tertiary/aromatic N) is 1. The van der Waals surface area contributed by atoms with E-state index in [9.17, 15) is 9.59 Å². The van der Waals surface area contributed by atoms with E-state index in [0.29, 0.717) is 5.69 Å². The summed E-state index contributed by atoms with van der Waals surface area (Å²) in [5.41, 5.74) is 2.08. The molecular formula is C17H20N2O4. The van der Waals surface area contributed by atoms with E-state index in [2.05, 4.69) is 24.3 Å². The van der Waals surface area contributed by atoms with Gasteiger partial charge in [0.05, 0.1) is 11.3 Å². The lowest BCUT2D eigenvalue weighted by molar-refractivity contribution is 0.0696. The Morgan fingerprint density at radius 2 is 1.96 bits per heavy atom. The molecule has 0 saturated carbocycles. The predicted molar refractivity (Wildman–Crippen MR) is 85.9 cm³/mol. The van der Waals surface area contributed by atoms with Gasteiger partial charge in [-0.25, -0.2) is 4.79 Å². The standard InChI is InChI=1S/C17H20N2O4/c1-4-11(5-2)14-9-15(23-19-14)16(20)18-13-8-12(17(21)22)7-6-10(13)3/h6-9,11H,4-5H2,1-3H3,(H,18,20)(H,21,22). The molecule has 0 radical (unpaired) electrons. The number of aryl methyl sites for hydroxylation is 1. The minimum Gasteiger partial charge on any atom is -0.478 e. The molecule has 1 heterocycles. The third-order valence-corrected chi connectivity index (χ3v) is 3.89. The van der Waals surface area contributed by atoms with Crippen molar-refractivity contribution in [3.05, 3.63) is 46.8 Å². The van der Waals surface area contributed by atoms with Crippen molar-refractivity contribution in [2.45, 2.75) is 39.5 Å². The fourth-order valence-corrected chi connectivity index (χ4v) is 2.37. The molecule has 0 saturated heterocycles. The predicted octanol–water partition coefficient (Wildman–Crippen LogP) is 3.84. The summed E-state index contributed by atoms with van der Waals surface area (Å²) in [7, 11) is 0. The lowest BCUT2D eigenvalue weighted by Crippen LogP contribution is -2.12. The third-order valence-electron chi connectivity index (χ3n) is 3.89. The Hall–Kier alpha value is -2.63. The van der Waals surface area contributed by atoms with E-state index in [1.165, 1.54) is 12.1 Å². The van der Waals surface area contributed by atoms with E-state index in [1.807, 2.05) is 0 Å². The number of aromatic nitrogens is 1. The lowest BCUT2D eigenvalue weighted by Gasteiger charge is -2.08. The number of rotatable bonds is 6. The summed E-state index contributed by atoms with van der Waals surface area (Å²) in [5.74, 6) is -1.11. The number of carboxylic acids is 1. The zero-order valence-corrected chi connectivity index (χ0v) is 13.4. The van der Waals surface area contributed by atoms with Crippen LogP contribution in [0.3, 0.4) is 0 Å². The van der Waals surface area contributed by atoms with Crippen molar-refractivity contribution >= 4 is 17.6 Å². The minimum atomic E-state index is -1.05. The second-order valence-electron chi connectivity index (χ2n) is 5.42. The molecule has 122 valence electrons. The van der Waals surface area contributed by atoms with Crippen LogP contribution in [0.15, 0.2) is 28.8 Å². The monoisotopic (exact) mass is 316 g/mol. The highest BCUT2D eigenvalue weighted by atomic mass is 16.5. The van der Waals surface area contributed by atoms with E-state index in [-0.39, 0.29) is 17.2 Å². The molecule has 2 aromatic rings. The van der Waals surface area contributed by atoms with Crippen LogP contribution in [0, 0.1) is 6.92 Å². The molecule has 6 heteroatoms. The largest absolute Gasteiger partial charge is 0.478 e. The van der Waals surface area contributed by atoms with E-state index < -0.39 is 11.9 Å². The Labute approximate surface area is 134 Å². The molecule has 23 heavy (non-hydrogen) atoms. The quantitative estimate of drug-likeness (QED) is 0.844. The Morgan fingerprint density at radius 1 is 1.26 bits per heavy atom. The molecule has 0 fully saturated rings. The van der Waals surface area contributed by atoms with Gasteiger partial charge in [0, 0.05) is 17.7 Å². The number of carboxylic acid groups (broad SMARTS) is 1. The lowest BCUT2D eigenvalue weighted by atomic mass is 9.99. The van der Waals surface area contributed by atoms with Crippen LogP contribution < -0.4 is 5.32 Å². The maximum absolute atomic E-state index is 12.3. The molecule has 0 aliphatic carbocycles. The Kier molecular flexibility index (Phi) is 5.16. The first-order valence-electron chi connectivity index (χ1n) is 7.58. The third kappa shape index (κ3) is 3.77. The number of hydrogen-bond donors (Lipinski definition) is 2. The normalized spacial score (nSPS) is 10.8. The van der Waals surface area contributed by atoms with Crippen molar-refractivity contribution in [2.24, 2.45) is 0 Å². The van der Waals surface area contributed by atoms with Gasteiger partial charge in [0.1, 0.15) is 0 Å². The van der Waals surface area contributed by atoms with Gasteiger partial charge in [-0.3, -0.25) is 4.79 Å². The van der Waals surface area contributed by atoms with Crippen molar-refractivity contribution in [2.75, 3.05) is 5.32 Å². The number of nitrogens with one attached hydrogen (secondary N) is 1. The highest BCUT2D eigenvalue weighted by Gasteiger charge is 2.18. The van der Waals surface area contributed by atoms with Crippen LogP contribution in [0.2, 0.25) is 0 Å². The van der Waals surface area contributed by atoms with Gasteiger partial charge in [0.2, 0.25) is 5.76 Å². The van der Waals surface area contributed by atoms with Gasteiger partial charge in [-0.2, -0.15) is 0 Å². The fraction of sp³-hybridized carbons (Fsp3) is 0.353. The summed E-state index contributed by atoms with van der Waals surface area (Å²) < 4.78 is 5.12. The van der Waals surface area contributed by atoms with E-state index in [0.717, 1.165) is 24.1 Å². The average molecular weight is 316 g/mol. The van der Waals surface area contributed by atoms with Gasteiger partial charge in [-0.05, 0) is 37.5 Å². The number of anilines is 1. The van der Waals surface area contributed by atoms with Gasteiger partial charge in [-0.1, -0.05) is 25.1 Å². The van der Waals surface area contributed by atoms with E-state index in [4.69, 9.17) is 9.63 Å². The van der Waals surface area contributed by atoms with Gasteiger partial charge in [0.25, 0.3) is 5.91 Å². The maximum Gasteiger partial charge on any atom is 0.335 e. The molecule has 0 bridgehead atoms. The molecule has 0 aliphatic rings. The maximum atomic E-state index is 12.3. The molecule has 0 aliphatic heterocycles. The molecule has 1 aromatic carbocycles.